The zero-order valence-electron chi connectivity index (χ0n) is 11.4. The molecule has 1 aliphatic rings. The molecular formula is C15H13N3OS2. The Morgan fingerprint density at radius 2 is 2.14 bits per heavy atom. The fourth-order valence-electron chi connectivity index (χ4n) is 2.35. The van der Waals surface area contributed by atoms with Crippen molar-refractivity contribution in [2.75, 3.05) is 18.1 Å². The van der Waals surface area contributed by atoms with Gasteiger partial charge in [-0.3, -0.25) is 0 Å². The van der Waals surface area contributed by atoms with E-state index in [2.05, 4.69) is 21.4 Å². The molecule has 0 spiro atoms. The predicted octanol–water partition coefficient (Wildman–Crippen LogP) is 3.96. The van der Waals surface area contributed by atoms with Gasteiger partial charge in [-0.05, 0) is 23.6 Å². The number of thiophene rings is 1. The largest absolute Gasteiger partial charge is 0.480 e. The van der Waals surface area contributed by atoms with Crippen LogP contribution in [-0.4, -0.2) is 22.8 Å². The van der Waals surface area contributed by atoms with Crippen LogP contribution in [0.15, 0.2) is 40.6 Å². The molecule has 1 atom stereocenters. The Kier molecular flexibility index (Phi) is 3.20. The second kappa shape index (κ2) is 5.20. The van der Waals surface area contributed by atoms with Gasteiger partial charge in [0, 0.05) is 17.7 Å². The summed E-state index contributed by atoms with van der Waals surface area (Å²) in [6.07, 6.45) is -0.108. The molecule has 3 heterocycles. The molecule has 4 rings (SSSR count). The van der Waals surface area contributed by atoms with Gasteiger partial charge in [0.05, 0.1) is 5.39 Å². The van der Waals surface area contributed by atoms with Crippen LogP contribution >= 0.6 is 23.1 Å². The van der Waals surface area contributed by atoms with E-state index in [1.165, 1.54) is 4.90 Å². The van der Waals surface area contributed by atoms with Gasteiger partial charge in [0.15, 0.2) is 11.9 Å². The molecule has 0 saturated carbocycles. The summed E-state index contributed by atoms with van der Waals surface area (Å²) < 4.78 is 6.07. The Labute approximate surface area is 130 Å². The lowest BCUT2D eigenvalue weighted by molar-refractivity contribution is 0.211. The topological polar surface area (TPSA) is 47.0 Å². The lowest BCUT2D eigenvalue weighted by atomic mass is 10.3. The molecule has 106 valence electrons. The molecule has 1 unspecified atom stereocenters. The van der Waals surface area contributed by atoms with Gasteiger partial charge in [0.25, 0.3) is 0 Å². The summed E-state index contributed by atoms with van der Waals surface area (Å²) in [4.78, 5) is 11.5. The summed E-state index contributed by atoms with van der Waals surface area (Å²) in [6, 6.07) is 10.1. The number of aromatic nitrogens is 2. The van der Waals surface area contributed by atoms with E-state index >= 15 is 0 Å². The first-order valence-corrected chi connectivity index (χ1v) is 8.53. The molecule has 0 radical (unpaired) electrons. The van der Waals surface area contributed by atoms with Crippen LogP contribution in [0, 0.1) is 0 Å². The van der Waals surface area contributed by atoms with E-state index in [-0.39, 0.29) is 6.10 Å². The molecular weight excluding hydrogens is 302 g/mol. The van der Waals surface area contributed by atoms with E-state index in [1.807, 2.05) is 36.7 Å². The van der Waals surface area contributed by atoms with E-state index in [4.69, 9.17) is 4.74 Å². The third-order valence-electron chi connectivity index (χ3n) is 3.38. The maximum atomic E-state index is 6.07. The van der Waals surface area contributed by atoms with Crippen LogP contribution in [0.25, 0.3) is 10.2 Å². The summed E-state index contributed by atoms with van der Waals surface area (Å²) >= 11 is 3.42. The maximum Gasteiger partial charge on any atom is 0.173 e. The Morgan fingerprint density at radius 3 is 3.05 bits per heavy atom. The van der Waals surface area contributed by atoms with Crippen LogP contribution < -0.4 is 10.1 Å². The zero-order valence-corrected chi connectivity index (χ0v) is 13.0. The van der Waals surface area contributed by atoms with E-state index in [0.717, 1.165) is 33.4 Å². The SMILES string of the molecule is CNc1nc(C2CSc3ccccc3O2)nc2sccc12. The molecule has 0 bridgehead atoms. The van der Waals surface area contributed by atoms with E-state index < -0.39 is 0 Å². The number of anilines is 1. The highest BCUT2D eigenvalue weighted by atomic mass is 32.2. The second-order valence-electron chi connectivity index (χ2n) is 4.68. The number of nitrogens with one attached hydrogen (secondary N) is 1. The molecule has 2 aromatic heterocycles. The number of rotatable bonds is 2. The third kappa shape index (κ3) is 2.24. The molecule has 0 fully saturated rings. The monoisotopic (exact) mass is 315 g/mol. The number of hydrogen-bond donors (Lipinski definition) is 1. The van der Waals surface area contributed by atoms with Crippen molar-refractivity contribution < 1.29 is 4.74 Å². The Balaban J connectivity index is 1.74. The first-order chi connectivity index (χ1) is 10.3. The molecule has 0 saturated heterocycles. The number of nitrogens with zero attached hydrogens (tertiary/aromatic N) is 2. The van der Waals surface area contributed by atoms with Gasteiger partial charge in [-0.2, -0.15) is 0 Å². The number of hydrogen-bond acceptors (Lipinski definition) is 6. The fourth-order valence-corrected chi connectivity index (χ4v) is 4.11. The zero-order chi connectivity index (χ0) is 14.2. The minimum Gasteiger partial charge on any atom is -0.480 e. The third-order valence-corrected chi connectivity index (χ3v) is 5.30. The van der Waals surface area contributed by atoms with Gasteiger partial charge in [-0.15, -0.1) is 23.1 Å². The van der Waals surface area contributed by atoms with Gasteiger partial charge in [-0.1, -0.05) is 12.1 Å². The van der Waals surface area contributed by atoms with Crippen molar-refractivity contribution in [1.82, 2.24) is 9.97 Å². The highest BCUT2D eigenvalue weighted by Gasteiger charge is 2.25. The van der Waals surface area contributed by atoms with Crippen molar-refractivity contribution in [2.24, 2.45) is 0 Å². The average Bonchev–Trinajstić information content (AvgIpc) is 3.02. The number of ether oxygens (including phenoxy) is 1. The predicted molar refractivity (Wildman–Crippen MR) is 87.5 cm³/mol. The number of thioether (sulfide) groups is 1. The van der Waals surface area contributed by atoms with Crippen molar-refractivity contribution in [3.63, 3.8) is 0 Å². The molecule has 0 aliphatic carbocycles. The summed E-state index contributed by atoms with van der Waals surface area (Å²) in [5.74, 6) is 3.36. The second-order valence-corrected chi connectivity index (χ2v) is 6.64. The highest BCUT2D eigenvalue weighted by molar-refractivity contribution is 7.99. The van der Waals surface area contributed by atoms with Gasteiger partial charge in [0.1, 0.15) is 16.4 Å². The van der Waals surface area contributed by atoms with Crippen molar-refractivity contribution in [1.29, 1.82) is 0 Å². The van der Waals surface area contributed by atoms with Gasteiger partial charge >= 0.3 is 0 Å². The summed E-state index contributed by atoms with van der Waals surface area (Å²) in [5.41, 5.74) is 0. The van der Waals surface area contributed by atoms with Gasteiger partial charge in [0.2, 0.25) is 0 Å². The fraction of sp³-hybridized carbons (Fsp3) is 0.200. The lowest BCUT2D eigenvalue weighted by Gasteiger charge is -2.24. The Bertz CT molecular complexity index is 802. The molecule has 6 heteroatoms. The molecule has 21 heavy (non-hydrogen) atoms. The van der Waals surface area contributed by atoms with Gasteiger partial charge in [-0.25, -0.2) is 9.97 Å². The first-order valence-electron chi connectivity index (χ1n) is 6.66. The highest BCUT2D eigenvalue weighted by Crippen LogP contribution is 2.40. The normalized spacial score (nSPS) is 17.3. The minimum atomic E-state index is -0.108. The van der Waals surface area contributed by atoms with Crippen molar-refractivity contribution >= 4 is 39.1 Å². The standard InChI is InChI=1S/C15H13N3OS2/c1-16-13-9-6-7-20-15(9)18-14(17-13)11-8-21-12-5-3-2-4-10(12)19-11/h2-7,11H,8H2,1H3,(H,16,17,18). The van der Waals surface area contributed by atoms with E-state index in [1.54, 1.807) is 23.1 Å². The average molecular weight is 315 g/mol. The summed E-state index contributed by atoms with van der Waals surface area (Å²) in [7, 11) is 1.88. The summed E-state index contributed by atoms with van der Waals surface area (Å²) in [5, 5.41) is 6.25. The lowest BCUT2D eigenvalue weighted by Crippen LogP contribution is -2.18. The Morgan fingerprint density at radius 1 is 1.24 bits per heavy atom. The van der Waals surface area contributed by atoms with Crippen molar-refractivity contribution in [2.45, 2.75) is 11.0 Å². The van der Waals surface area contributed by atoms with Crippen LogP contribution in [0.4, 0.5) is 5.82 Å². The Hall–Kier alpha value is -1.79. The molecule has 3 aromatic rings. The minimum absolute atomic E-state index is 0.108. The molecule has 1 aliphatic heterocycles. The maximum absolute atomic E-state index is 6.07. The number of para-hydroxylation sites is 1. The number of benzene rings is 1. The number of fused-ring (bicyclic) bond motifs is 2. The van der Waals surface area contributed by atoms with Crippen LogP contribution in [0.3, 0.4) is 0 Å². The van der Waals surface area contributed by atoms with Crippen LogP contribution in [0.1, 0.15) is 11.9 Å². The molecule has 1 N–H and O–H groups in total. The van der Waals surface area contributed by atoms with Crippen LogP contribution in [0.5, 0.6) is 5.75 Å². The molecule has 1 aromatic carbocycles. The molecule has 0 amide bonds. The van der Waals surface area contributed by atoms with Crippen LogP contribution in [0.2, 0.25) is 0 Å². The van der Waals surface area contributed by atoms with Crippen molar-refractivity contribution in [3.05, 3.63) is 41.5 Å². The summed E-state index contributed by atoms with van der Waals surface area (Å²) in [6.45, 7) is 0. The van der Waals surface area contributed by atoms with E-state index in [0.29, 0.717) is 0 Å². The van der Waals surface area contributed by atoms with Gasteiger partial charge < -0.3 is 10.1 Å². The molecule has 4 nitrogen and oxygen atoms in total. The first kappa shape index (κ1) is 12.9. The van der Waals surface area contributed by atoms with E-state index in [9.17, 15) is 0 Å². The quantitative estimate of drug-likeness (QED) is 0.775. The van der Waals surface area contributed by atoms with Crippen molar-refractivity contribution in [3.8, 4) is 5.75 Å². The van der Waals surface area contributed by atoms with Crippen LogP contribution in [-0.2, 0) is 0 Å². The smallest absolute Gasteiger partial charge is 0.173 e.